The predicted molar refractivity (Wildman–Crippen MR) is 46.5 cm³/mol. The number of rotatable bonds is 1. The number of allylic oxidation sites excluding steroid dienone is 2. The van der Waals surface area contributed by atoms with Crippen molar-refractivity contribution in [2.45, 2.75) is 19.4 Å². The summed E-state index contributed by atoms with van der Waals surface area (Å²) in [7, 11) is 0. The molecule has 2 atom stereocenters. The molecule has 1 rings (SSSR count). The Bertz CT molecular complexity index is 245. The summed E-state index contributed by atoms with van der Waals surface area (Å²) >= 11 is 0. The normalized spacial score (nSPS) is 33.3. The highest BCUT2D eigenvalue weighted by Crippen LogP contribution is 2.27. The monoisotopic (exact) mass is 167 g/mol. The Kier molecular flexibility index (Phi) is 2.22. The van der Waals surface area contributed by atoms with Crippen LogP contribution in [0, 0.1) is 5.92 Å². The zero-order valence-corrected chi connectivity index (χ0v) is 7.28. The van der Waals surface area contributed by atoms with Crippen molar-refractivity contribution in [3.05, 3.63) is 24.3 Å². The topological polar surface area (TPSA) is 52.3 Å². The molecule has 3 nitrogen and oxygen atoms in total. The number of hydrogen-bond donors (Lipinski definition) is 1. The van der Waals surface area contributed by atoms with E-state index in [1.807, 2.05) is 38.2 Å². The number of ether oxygens (including phenoxy) is 1. The van der Waals surface area contributed by atoms with Gasteiger partial charge in [0.1, 0.15) is 5.60 Å². The lowest BCUT2D eigenvalue weighted by atomic mass is 9.87. The van der Waals surface area contributed by atoms with E-state index in [1.54, 1.807) is 0 Å². The minimum Gasteiger partial charge on any atom is -0.439 e. The van der Waals surface area contributed by atoms with E-state index in [4.69, 9.17) is 10.5 Å². The molecule has 0 aromatic rings. The van der Waals surface area contributed by atoms with E-state index in [2.05, 4.69) is 0 Å². The standard InChI is InChI=1S/C9H13NO2/c1-7-5-3-4-6-9(7,2)12-8(10)11/h3-7H,1-2H3,(H2,10,11). The second-order valence-corrected chi connectivity index (χ2v) is 3.14. The SMILES string of the molecule is CC1C=CC=CC1(C)OC(N)=O. The minimum absolute atomic E-state index is 0.162. The van der Waals surface area contributed by atoms with Gasteiger partial charge in [0, 0.05) is 5.92 Å². The van der Waals surface area contributed by atoms with Gasteiger partial charge in [-0.25, -0.2) is 4.79 Å². The van der Waals surface area contributed by atoms with Crippen LogP contribution in [-0.4, -0.2) is 11.7 Å². The van der Waals surface area contributed by atoms with Gasteiger partial charge in [0.2, 0.25) is 0 Å². The summed E-state index contributed by atoms with van der Waals surface area (Å²) in [6.07, 6.45) is 6.86. The highest BCUT2D eigenvalue weighted by Gasteiger charge is 2.31. The fourth-order valence-corrected chi connectivity index (χ4v) is 1.16. The van der Waals surface area contributed by atoms with Gasteiger partial charge in [0.15, 0.2) is 0 Å². The summed E-state index contributed by atoms with van der Waals surface area (Å²) in [4.78, 5) is 10.6. The minimum atomic E-state index is -0.732. The molecular formula is C9H13NO2. The first-order valence-electron chi connectivity index (χ1n) is 3.89. The summed E-state index contributed by atoms with van der Waals surface area (Å²) in [5, 5.41) is 0. The highest BCUT2D eigenvalue weighted by molar-refractivity contribution is 5.65. The van der Waals surface area contributed by atoms with Crippen LogP contribution < -0.4 is 5.73 Å². The van der Waals surface area contributed by atoms with Gasteiger partial charge in [-0.15, -0.1) is 0 Å². The molecule has 0 fully saturated rings. The van der Waals surface area contributed by atoms with Crippen LogP contribution in [0.25, 0.3) is 0 Å². The van der Waals surface area contributed by atoms with Crippen LogP contribution in [0.1, 0.15) is 13.8 Å². The molecule has 2 N–H and O–H groups in total. The quantitative estimate of drug-likeness (QED) is 0.645. The summed E-state index contributed by atoms with van der Waals surface area (Å²) in [6.45, 7) is 3.81. The first-order chi connectivity index (χ1) is 5.54. The number of carbonyl (C=O) groups is 1. The van der Waals surface area contributed by atoms with Crippen LogP contribution in [0.5, 0.6) is 0 Å². The fraction of sp³-hybridized carbons (Fsp3) is 0.444. The Hall–Kier alpha value is -1.25. The molecule has 0 bridgehead atoms. The Morgan fingerprint density at radius 3 is 2.75 bits per heavy atom. The van der Waals surface area contributed by atoms with E-state index < -0.39 is 11.7 Å². The number of nitrogens with two attached hydrogens (primary N) is 1. The van der Waals surface area contributed by atoms with E-state index in [0.29, 0.717) is 0 Å². The van der Waals surface area contributed by atoms with Gasteiger partial charge >= 0.3 is 6.09 Å². The average molecular weight is 167 g/mol. The molecule has 1 aliphatic carbocycles. The van der Waals surface area contributed by atoms with Crippen LogP contribution in [0.4, 0.5) is 4.79 Å². The van der Waals surface area contributed by atoms with Gasteiger partial charge in [0.25, 0.3) is 0 Å². The molecule has 0 aromatic carbocycles. The summed E-state index contributed by atoms with van der Waals surface area (Å²) in [5.74, 6) is 0.162. The third kappa shape index (κ3) is 1.67. The van der Waals surface area contributed by atoms with Gasteiger partial charge in [-0.3, -0.25) is 0 Å². The van der Waals surface area contributed by atoms with Crippen molar-refractivity contribution in [1.29, 1.82) is 0 Å². The number of hydrogen-bond acceptors (Lipinski definition) is 2. The maximum atomic E-state index is 10.6. The van der Waals surface area contributed by atoms with Gasteiger partial charge in [-0.1, -0.05) is 25.2 Å². The molecule has 2 unspecified atom stereocenters. The molecule has 66 valence electrons. The summed E-state index contributed by atoms with van der Waals surface area (Å²) in [5.41, 5.74) is 4.37. The first-order valence-corrected chi connectivity index (χ1v) is 3.89. The Balaban J connectivity index is 2.76. The molecule has 0 aliphatic heterocycles. The molecule has 3 heteroatoms. The van der Waals surface area contributed by atoms with Crippen molar-refractivity contribution in [2.75, 3.05) is 0 Å². The van der Waals surface area contributed by atoms with E-state index in [0.717, 1.165) is 0 Å². The number of carbonyl (C=O) groups excluding carboxylic acids is 1. The van der Waals surface area contributed by atoms with Gasteiger partial charge in [-0.2, -0.15) is 0 Å². The van der Waals surface area contributed by atoms with E-state index in [-0.39, 0.29) is 5.92 Å². The van der Waals surface area contributed by atoms with Crippen molar-refractivity contribution in [2.24, 2.45) is 11.7 Å². The Labute approximate surface area is 71.9 Å². The van der Waals surface area contributed by atoms with E-state index in [9.17, 15) is 4.79 Å². The van der Waals surface area contributed by atoms with Crippen molar-refractivity contribution in [3.8, 4) is 0 Å². The molecule has 12 heavy (non-hydrogen) atoms. The fourth-order valence-electron chi connectivity index (χ4n) is 1.16. The molecule has 0 saturated heterocycles. The average Bonchev–Trinajstić information content (AvgIpc) is 1.94. The zero-order chi connectivity index (χ0) is 9.19. The predicted octanol–water partition coefficient (Wildman–Crippen LogP) is 1.60. The van der Waals surface area contributed by atoms with Gasteiger partial charge in [0.05, 0.1) is 0 Å². The Morgan fingerprint density at radius 1 is 1.58 bits per heavy atom. The van der Waals surface area contributed by atoms with Gasteiger partial charge < -0.3 is 10.5 Å². The lowest BCUT2D eigenvalue weighted by Gasteiger charge is -2.31. The number of amides is 1. The van der Waals surface area contributed by atoms with Crippen LogP contribution in [0.15, 0.2) is 24.3 Å². The lowest BCUT2D eigenvalue weighted by Crippen LogP contribution is -2.38. The molecule has 0 saturated carbocycles. The van der Waals surface area contributed by atoms with Crippen LogP contribution in [0.3, 0.4) is 0 Å². The third-order valence-corrected chi connectivity index (χ3v) is 2.16. The maximum absolute atomic E-state index is 10.6. The smallest absolute Gasteiger partial charge is 0.405 e. The highest BCUT2D eigenvalue weighted by atomic mass is 16.6. The molecule has 0 spiro atoms. The molecular weight excluding hydrogens is 154 g/mol. The second kappa shape index (κ2) is 3.01. The first kappa shape index (κ1) is 8.84. The van der Waals surface area contributed by atoms with Crippen LogP contribution in [0.2, 0.25) is 0 Å². The molecule has 0 heterocycles. The van der Waals surface area contributed by atoms with Crippen molar-refractivity contribution in [1.82, 2.24) is 0 Å². The summed E-state index contributed by atoms with van der Waals surface area (Å²) < 4.78 is 4.99. The molecule has 0 radical (unpaired) electrons. The third-order valence-electron chi connectivity index (χ3n) is 2.16. The lowest BCUT2D eigenvalue weighted by molar-refractivity contribution is 0.0410. The zero-order valence-electron chi connectivity index (χ0n) is 7.28. The maximum Gasteiger partial charge on any atom is 0.405 e. The van der Waals surface area contributed by atoms with Crippen molar-refractivity contribution >= 4 is 6.09 Å². The van der Waals surface area contributed by atoms with E-state index in [1.165, 1.54) is 0 Å². The molecule has 0 aromatic heterocycles. The second-order valence-electron chi connectivity index (χ2n) is 3.14. The van der Waals surface area contributed by atoms with Crippen molar-refractivity contribution in [3.63, 3.8) is 0 Å². The van der Waals surface area contributed by atoms with Crippen LogP contribution in [-0.2, 0) is 4.74 Å². The van der Waals surface area contributed by atoms with Crippen molar-refractivity contribution < 1.29 is 9.53 Å². The summed E-state index contributed by atoms with van der Waals surface area (Å²) in [6, 6.07) is 0. The largest absolute Gasteiger partial charge is 0.439 e. The number of primary amides is 1. The van der Waals surface area contributed by atoms with E-state index >= 15 is 0 Å². The molecule has 1 amide bonds. The van der Waals surface area contributed by atoms with Gasteiger partial charge in [-0.05, 0) is 13.0 Å². The Morgan fingerprint density at radius 2 is 2.25 bits per heavy atom. The molecule has 1 aliphatic rings. The van der Waals surface area contributed by atoms with Crippen LogP contribution >= 0.6 is 0 Å².